The standard InChI is InChI=1S/C20H26ClN5O.HI/c1-22-20(25(2)15-17-4-3-5-18(21)12-17)24-14-16-6-7-23-19(13-16)26-8-10-27-11-9-26;/h3-7,12-13H,8-11,14-15H2,1-2H3,(H,22,24);1H. The topological polar surface area (TPSA) is 53.0 Å². The molecule has 0 spiro atoms. The predicted molar refractivity (Wildman–Crippen MR) is 126 cm³/mol. The molecular formula is C20H27ClIN5O. The first-order valence-electron chi connectivity index (χ1n) is 9.09. The molecule has 1 fully saturated rings. The molecule has 0 saturated carbocycles. The first kappa shape index (κ1) is 22.7. The van der Waals surface area contributed by atoms with E-state index in [-0.39, 0.29) is 24.0 Å². The monoisotopic (exact) mass is 515 g/mol. The summed E-state index contributed by atoms with van der Waals surface area (Å²) in [7, 11) is 3.81. The summed E-state index contributed by atoms with van der Waals surface area (Å²) < 4.78 is 5.42. The average molecular weight is 516 g/mol. The number of rotatable bonds is 5. The first-order chi connectivity index (χ1) is 13.2. The summed E-state index contributed by atoms with van der Waals surface area (Å²) in [5.74, 6) is 1.83. The van der Waals surface area contributed by atoms with E-state index < -0.39 is 0 Å². The van der Waals surface area contributed by atoms with Gasteiger partial charge in [-0.1, -0.05) is 23.7 Å². The fraction of sp³-hybridized carbons (Fsp3) is 0.400. The maximum absolute atomic E-state index is 6.08. The van der Waals surface area contributed by atoms with E-state index in [9.17, 15) is 0 Å². The second-order valence-electron chi connectivity index (χ2n) is 6.51. The summed E-state index contributed by atoms with van der Waals surface area (Å²) in [4.78, 5) is 13.2. The van der Waals surface area contributed by atoms with Gasteiger partial charge >= 0.3 is 0 Å². The van der Waals surface area contributed by atoms with Gasteiger partial charge in [0.05, 0.1) is 13.2 Å². The highest BCUT2D eigenvalue weighted by molar-refractivity contribution is 14.0. The zero-order valence-corrected chi connectivity index (χ0v) is 19.4. The minimum atomic E-state index is 0. The van der Waals surface area contributed by atoms with Crippen LogP contribution in [-0.4, -0.2) is 56.2 Å². The Morgan fingerprint density at radius 2 is 2.04 bits per heavy atom. The summed E-state index contributed by atoms with van der Waals surface area (Å²) in [6.07, 6.45) is 1.86. The summed E-state index contributed by atoms with van der Waals surface area (Å²) in [6, 6.07) is 12.0. The van der Waals surface area contributed by atoms with Gasteiger partial charge in [0.2, 0.25) is 0 Å². The Morgan fingerprint density at radius 1 is 1.25 bits per heavy atom. The molecule has 6 nitrogen and oxygen atoms in total. The van der Waals surface area contributed by atoms with Gasteiger partial charge in [0.15, 0.2) is 5.96 Å². The number of hydrogen-bond acceptors (Lipinski definition) is 4. The van der Waals surface area contributed by atoms with Gasteiger partial charge in [-0.25, -0.2) is 4.98 Å². The van der Waals surface area contributed by atoms with Crippen LogP contribution in [0.3, 0.4) is 0 Å². The van der Waals surface area contributed by atoms with Crippen LogP contribution < -0.4 is 10.2 Å². The van der Waals surface area contributed by atoms with E-state index in [1.165, 1.54) is 5.56 Å². The lowest BCUT2D eigenvalue weighted by Gasteiger charge is -2.28. The Bertz CT molecular complexity index is 783. The minimum absolute atomic E-state index is 0. The van der Waals surface area contributed by atoms with Crippen LogP contribution in [0.1, 0.15) is 11.1 Å². The van der Waals surface area contributed by atoms with Crippen LogP contribution in [-0.2, 0) is 17.8 Å². The molecule has 0 amide bonds. The molecule has 3 rings (SSSR count). The fourth-order valence-corrected chi connectivity index (χ4v) is 3.30. The third-order valence-corrected chi connectivity index (χ3v) is 4.71. The molecule has 0 atom stereocenters. The second-order valence-corrected chi connectivity index (χ2v) is 6.94. The molecule has 0 aliphatic carbocycles. The van der Waals surface area contributed by atoms with E-state index in [0.717, 1.165) is 55.2 Å². The third kappa shape index (κ3) is 6.49. The van der Waals surface area contributed by atoms with Crippen LogP contribution in [0.2, 0.25) is 5.02 Å². The van der Waals surface area contributed by atoms with Crippen LogP contribution in [0.25, 0.3) is 0 Å². The van der Waals surface area contributed by atoms with Crippen LogP contribution in [0.5, 0.6) is 0 Å². The number of benzene rings is 1. The maximum atomic E-state index is 6.08. The molecule has 28 heavy (non-hydrogen) atoms. The maximum Gasteiger partial charge on any atom is 0.193 e. The number of aliphatic imine (C=N–C) groups is 1. The Hall–Kier alpha value is -1.58. The number of ether oxygens (including phenoxy) is 1. The molecule has 1 aromatic carbocycles. The highest BCUT2D eigenvalue weighted by Gasteiger charge is 2.13. The third-order valence-electron chi connectivity index (χ3n) is 4.48. The van der Waals surface area contributed by atoms with Crippen molar-refractivity contribution in [3.05, 3.63) is 58.7 Å². The van der Waals surface area contributed by atoms with Gasteiger partial charge in [-0.2, -0.15) is 0 Å². The summed E-state index contributed by atoms with van der Waals surface area (Å²) in [5.41, 5.74) is 2.32. The summed E-state index contributed by atoms with van der Waals surface area (Å²) in [6.45, 7) is 4.69. The van der Waals surface area contributed by atoms with Crippen LogP contribution in [0.4, 0.5) is 5.82 Å². The average Bonchev–Trinajstić information content (AvgIpc) is 2.69. The molecule has 152 valence electrons. The zero-order valence-electron chi connectivity index (χ0n) is 16.3. The fourth-order valence-electron chi connectivity index (χ4n) is 3.09. The lowest BCUT2D eigenvalue weighted by Crippen LogP contribution is -2.38. The van der Waals surface area contributed by atoms with Crippen molar-refractivity contribution < 1.29 is 4.74 Å². The van der Waals surface area contributed by atoms with Gasteiger partial charge in [-0.15, -0.1) is 24.0 Å². The molecule has 1 N–H and O–H groups in total. The molecule has 1 aromatic heterocycles. The van der Waals surface area contributed by atoms with Crippen molar-refractivity contribution in [3.63, 3.8) is 0 Å². The van der Waals surface area contributed by atoms with E-state index in [0.29, 0.717) is 6.54 Å². The van der Waals surface area contributed by atoms with E-state index in [1.54, 1.807) is 7.05 Å². The van der Waals surface area contributed by atoms with E-state index >= 15 is 0 Å². The molecule has 8 heteroatoms. The number of aromatic nitrogens is 1. The lowest BCUT2D eigenvalue weighted by molar-refractivity contribution is 0.122. The van der Waals surface area contributed by atoms with Gasteiger partial charge in [-0.3, -0.25) is 4.99 Å². The van der Waals surface area contributed by atoms with Crippen LogP contribution >= 0.6 is 35.6 Å². The van der Waals surface area contributed by atoms with Crippen molar-refractivity contribution in [1.82, 2.24) is 15.2 Å². The smallest absolute Gasteiger partial charge is 0.193 e. The van der Waals surface area contributed by atoms with Crippen molar-refractivity contribution in [1.29, 1.82) is 0 Å². The zero-order chi connectivity index (χ0) is 19.1. The number of nitrogens with zero attached hydrogens (tertiary/aromatic N) is 4. The molecule has 1 aliphatic heterocycles. The van der Waals surface area contributed by atoms with Crippen molar-refractivity contribution in [2.24, 2.45) is 4.99 Å². The van der Waals surface area contributed by atoms with Crippen molar-refractivity contribution in [2.45, 2.75) is 13.1 Å². The largest absolute Gasteiger partial charge is 0.378 e. The van der Waals surface area contributed by atoms with Crippen molar-refractivity contribution in [2.75, 3.05) is 45.3 Å². The van der Waals surface area contributed by atoms with E-state index in [4.69, 9.17) is 16.3 Å². The quantitative estimate of drug-likeness (QED) is 0.376. The van der Waals surface area contributed by atoms with Gasteiger partial charge in [0.1, 0.15) is 5.82 Å². The number of nitrogens with one attached hydrogen (secondary N) is 1. The van der Waals surface area contributed by atoms with E-state index in [1.807, 2.05) is 37.5 Å². The van der Waals surface area contributed by atoms with Gasteiger partial charge < -0.3 is 19.9 Å². The Kier molecular flexibility index (Phi) is 9.27. The number of pyridine rings is 1. The summed E-state index contributed by atoms with van der Waals surface area (Å²) in [5, 5.41) is 4.17. The first-order valence-corrected chi connectivity index (χ1v) is 9.47. The van der Waals surface area contributed by atoms with Crippen molar-refractivity contribution >= 4 is 47.4 Å². The number of halogens is 2. The molecule has 0 unspecified atom stereocenters. The predicted octanol–water partition coefficient (Wildman–Crippen LogP) is 3.40. The molecule has 1 aliphatic rings. The van der Waals surface area contributed by atoms with Crippen LogP contribution in [0.15, 0.2) is 47.6 Å². The minimum Gasteiger partial charge on any atom is -0.378 e. The van der Waals surface area contributed by atoms with Gasteiger partial charge in [-0.05, 0) is 35.4 Å². The number of anilines is 1. The molecule has 0 radical (unpaired) electrons. The molecule has 2 heterocycles. The Morgan fingerprint density at radius 3 is 2.75 bits per heavy atom. The normalized spacial score (nSPS) is 14.4. The Labute approximate surface area is 189 Å². The summed E-state index contributed by atoms with van der Waals surface area (Å²) >= 11 is 6.08. The Balaban J connectivity index is 0.00000280. The molecule has 2 aromatic rings. The SMILES string of the molecule is CN=C(NCc1ccnc(N2CCOCC2)c1)N(C)Cc1cccc(Cl)c1.I. The van der Waals surface area contributed by atoms with Crippen LogP contribution in [0, 0.1) is 0 Å². The second kappa shape index (κ2) is 11.4. The lowest BCUT2D eigenvalue weighted by atomic mass is 10.2. The number of guanidine groups is 1. The molecule has 0 bridgehead atoms. The molecule has 1 saturated heterocycles. The highest BCUT2D eigenvalue weighted by Crippen LogP contribution is 2.15. The number of hydrogen-bond donors (Lipinski definition) is 1. The van der Waals surface area contributed by atoms with Gasteiger partial charge in [0, 0.05) is 51.5 Å². The molecular weight excluding hydrogens is 489 g/mol. The van der Waals surface area contributed by atoms with Gasteiger partial charge in [0.25, 0.3) is 0 Å². The number of morpholine rings is 1. The van der Waals surface area contributed by atoms with E-state index in [2.05, 4.69) is 37.2 Å². The highest BCUT2D eigenvalue weighted by atomic mass is 127. The van der Waals surface area contributed by atoms with Crippen molar-refractivity contribution in [3.8, 4) is 0 Å².